The minimum Gasteiger partial charge on any atom is -0.480 e. The Labute approximate surface area is 122 Å². The molecule has 4 N–H and O–H groups in total. The van der Waals surface area contributed by atoms with Crippen LogP contribution >= 0.6 is 0 Å². The number of aliphatic carboxylic acids is 1. The Hall–Kier alpha value is -2.67. The van der Waals surface area contributed by atoms with Gasteiger partial charge in [0.2, 0.25) is 5.91 Å². The van der Waals surface area contributed by atoms with Crippen molar-refractivity contribution in [1.29, 1.82) is 0 Å². The summed E-state index contributed by atoms with van der Waals surface area (Å²) in [5, 5.41) is 16.2. The van der Waals surface area contributed by atoms with Gasteiger partial charge in [-0.25, -0.2) is 4.79 Å². The van der Waals surface area contributed by atoms with Crippen LogP contribution in [0, 0.1) is 0 Å². The third kappa shape index (κ3) is 5.87. The number of carbonyl (C=O) groups excluding carboxylic acids is 2. The highest BCUT2D eigenvalue weighted by Gasteiger charge is 2.20. The van der Waals surface area contributed by atoms with E-state index in [2.05, 4.69) is 22.5 Å². The summed E-state index contributed by atoms with van der Waals surface area (Å²) in [5.41, 5.74) is 0.522. The summed E-state index contributed by atoms with van der Waals surface area (Å²) in [5.74, 6) is -1.73. The predicted octanol–water partition coefficient (Wildman–Crippen LogP) is 0.414. The van der Waals surface area contributed by atoms with E-state index in [-0.39, 0.29) is 13.1 Å². The highest BCUT2D eigenvalue weighted by atomic mass is 16.4. The van der Waals surface area contributed by atoms with Gasteiger partial charge in [0.25, 0.3) is 0 Å². The fourth-order valence-electron chi connectivity index (χ4n) is 1.57. The number of benzene rings is 1. The zero-order chi connectivity index (χ0) is 15.7. The minimum atomic E-state index is -1.11. The van der Waals surface area contributed by atoms with Gasteiger partial charge in [0.05, 0.1) is 6.54 Å². The molecule has 7 nitrogen and oxygen atoms in total. The Morgan fingerprint density at radius 2 is 1.90 bits per heavy atom. The Kier molecular flexibility index (Phi) is 6.62. The highest BCUT2D eigenvalue weighted by molar-refractivity contribution is 5.95. The summed E-state index contributed by atoms with van der Waals surface area (Å²) in [7, 11) is 0. The molecular formula is C14H17N3O4. The fraction of sp³-hybridized carbons (Fsp3) is 0.214. The summed E-state index contributed by atoms with van der Waals surface area (Å²) in [6.45, 7) is 3.35. The van der Waals surface area contributed by atoms with Crippen LogP contribution in [0.5, 0.6) is 0 Å². The molecule has 3 amide bonds. The molecule has 0 spiro atoms. The van der Waals surface area contributed by atoms with E-state index in [1.165, 1.54) is 6.08 Å². The molecule has 7 heteroatoms. The second kappa shape index (κ2) is 8.49. The third-order valence-electron chi connectivity index (χ3n) is 2.51. The van der Waals surface area contributed by atoms with Gasteiger partial charge in [-0.3, -0.25) is 20.2 Å². The van der Waals surface area contributed by atoms with E-state index in [4.69, 9.17) is 5.11 Å². The largest absolute Gasteiger partial charge is 0.480 e. The van der Waals surface area contributed by atoms with Crippen molar-refractivity contribution in [2.24, 2.45) is 0 Å². The quantitative estimate of drug-likeness (QED) is 0.544. The van der Waals surface area contributed by atoms with Crippen LogP contribution in [0.3, 0.4) is 0 Å². The maximum atomic E-state index is 11.5. The zero-order valence-electron chi connectivity index (χ0n) is 11.3. The molecule has 21 heavy (non-hydrogen) atoms. The normalized spacial score (nSPS) is 11.2. The SMILES string of the molecule is C=CCNC(=O)NC(=O)CNC(C(=O)O)c1ccccc1. The maximum absolute atomic E-state index is 11.5. The zero-order valence-corrected chi connectivity index (χ0v) is 11.3. The molecule has 0 aliphatic carbocycles. The number of carboxylic acid groups (broad SMARTS) is 1. The second-order valence-corrected chi connectivity index (χ2v) is 4.11. The molecule has 1 atom stereocenters. The van der Waals surface area contributed by atoms with Crippen molar-refractivity contribution >= 4 is 17.9 Å². The summed E-state index contributed by atoms with van der Waals surface area (Å²) in [6.07, 6.45) is 1.47. The first-order chi connectivity index (χ1) is 10.0. The van der Waals surface area contributed by atoms with Crippen molar-refractivity contribution in [2.75, 3.05) is 13.1 Å². The van der Waals surface area contributed by atoms with Gasteiger partial charge in [0, 0.05) is 6.54 Å². The van der Waals surface area contributed by atoms with Crippen LogP contribution in [0.15, 0.2) is 43.0 Å². The van der Waals surface area contributed by atoms with Crippen molar-refractivity contribution in [3.8, 4) is 0 Å². The molecule has 0 saturated heterocycles. The van der Waals surface area contributed by atoms with Crippen LogP contribution in [0.25, 0.3) is 0 Å². The van der Waals surface area contributed by atoms with Crippen molar-refractivity contribution in [3.05, 3.63) is 48.6 Å². The van der Waals surface area contributed by atoms with Gasteiger partial charge in [0.1, 0.15) is 6.04 Å². The van der Waals surface area contributed by atoms with Gasteiger partial charge >= 0.3 is 12.0 Å². The van der Waals surface area contributed by atoms with E-state index in [0.29, 0.717) is 5.56 Å². The average molecular weight is 291 g/mol. The average Bonchev–Trinajstić information content (AvgIpc) is 2.46. The molecule has 0 heterocycles. The molecule has 0 aliphatic heterocycles. The molecular weight excluding hydrogens is 274 g/mol. The van der Waals surface area contributed by atoms with Crippen molar-refractivity contribution in [3.63, 3.8) is 0 Å². The van der Waals surface area contributed by atoms with Crippen LogP contribution in [-0.2, 0) is 9.59 Å². The summed E-state index contributed by atoms with van der Waals surface area (Å²) < 4.78 is 0. The molecule has 0 aromatic heterocycles. The molecule has 1 rings (SSSR count). The lowest BCUT2D eigenvalue weighted by Gasteiger charge is -2.14. The smallest absolute Gasteiger partial charge is 0.325 e. The topological polar surface area (TPSA) is 108 Å². The number of hydrogen-bond donors (Lipinski definition) is 4. The predicted molar refractivity (Wildman–Crippen MR) is 76.6 cm³/mol. The third-order valence-corrected chi connectivity index (χ3v) is 2.51. The molecule has 0 aliphatic rings. The Balaban J connectivity index is 2.51. The summed E-state index contributed by atoms with van der Waals surface area (Å²) >= 11 is 0. The second-order valence-electron chi connectivity index (χ2n) is 4.11. The first kappa shape index (κ1) is 16.4. The lowest BCUT2D eigenvalue weighted by Crippen LogP contribution is -2.44. The number of carbonyl (C=O) groups is 3. The van der Waals surface area contributed by atoms with Gasteiger partial charge in [-0.2, -0.15) is 0 Å². The Morgan fingerprint density at radius 1 is 1.24 bits per heavy atom. The van der Waals surface area contributed by atoms with Crippen LogP contribution in [0.4, 0.5) is 4.79 Å². The molecule has 1 aromatic rings. The van der Waals surface area contributed by atoms with Crippen molar-refractivity contribution < 1.29 is 19.5 Å². The Morgan fingerprint density at radius 3 is 2.48 bits per heavy atom. The van der Waals surface area contributed by atoms with Gasteiger partial charge in [0.15, 0.2) is 0 Å². The maximum Gasteiger partial charge on any atom is 0.325 e. The monoisotopic (exact) mass is 291 g/mol. The van der Waals surface area contributed by atoms with Crippen LogP contribution < -0.4 is 16.0 Å². The van der Waals surface area contributed by atoms with Crippen LogP contribution in [0.1, 0.15) is 11.6 Å². The van der Waals surface area contributed by atoms with Gasteiger partial charge in [-0.1, -0.05) is 36.4 Å². The van der Waals surface area contributed by atoms with Gasteiger partial charge in [-0.15, -0.1) is 6.58 Å². The molecule has 0 fully saturated rings. The van der Waals surface area contributed by atoms with Crippen molar-refractivity contribution in [1.82, 2.24) is 16.0 Å². The highest BCUT2D eigenvalue weighted by Crippen LogP contribution is 2.11. The Bertz CT molecular complexity index is 516. The molecule has 112 valence electrons. The van der Waals surface area contributed by atoms with E-state index >= 15 is 0 Å². The summed E-state index contributed by atoms with van der Waals surface area (Å²) in [4.78, 5) is 33.9. The van der Waals surface area contributed by atoms with Gasteiger partial charge in [-0.05, 0) is 5.56 Å². The molecule has 0 saturated carbocycles. The first-order valence-corrected chi connectivity index (χ1v) is 6.24. The van der Waals surface area contributed by atoms with E-state index < -0.39 is 23.9 Å². The number of carboxylic acids is 1. The molecule has 0 bridgehead atoms. The van der Waals surface area contributed by atoms with Crippen LogP contribution in [0.2, 0.25) is 0 Å². The molecule has 1 unspecified atom stereocenters. The molecule has 0 radical (unpaired) electrons. The minimum absolute atomic E-state index is 0.230. The van der Waals surface area contributed by atoms with Crippen molar-refractivity contribution in [2.45, 2.75) is 6.04 Å². The number of urea groups is 1. The van der Waals surface area contributed by atoms with E-state index in [9.17, 15) is 14.4 Å². The van der Waals surface area contributed by atoms with Crippen LogP contribution in [-0.4, -0.2) is 36.1 Å². The number of nitrogens with one attached hydrogen (secondary N) is 3. The first-order valence-electron chi connectivity index (χ1n) is 6.24. The number of hydrogen-bond acceptors (Lipinski definition) is 4. The molecule has 1 aromatic carbocycles. The lowest BCUT2D eigenvalue weighted by molar-refractivity contribution is -0.139. The van der Waals surface area contributed by atoms with E-state index in [1.807, 2.05) is 0 Å². The number of rotatable bonds is 7. The van der Waals surface area contributed by atoms with Gasteiger partial charge < -0.3 is 10.4 Å². The van der Waals surface area contributed by atoms with E-state index in [0.717, 1.165) is 0 Å². The number of imide groups is 1. The summed E-state index contributed by atoms with van der Waals surface area (Å²) in [6, 6.07) is 6.77. The lowest BCUT2D eigenvalue weighted by atomic mass is 10.1. The number of amides is 3. The fourth-order valence-corrected chi connectivity index (χ4v) is 1.57. The van der Waals surface area contributed by atoms with E-state index in [1.54, 1.807) is 30.3 Å². The standard InChI is InChI=1S/C14H17N3O4/c1-2-8-15-14(21)17-11(18)9-16-12(13(19)20)10-6-4-3-5-7-10/h2-7,12,16H,1,8-9H2,(H,19,20)(H2,15,17,18,21).